The van der Waals surface area contributed by atoms with Crippen LogP contribution >= 0.6 is 11.3 Å². The van der Waals surface area contributed by atoms with Crippen molar-refractivity contribution in [3.05, 3.63) is 100 Å². The predicted molar refractivity (Wildman–Crippen MR) is 113 cm³/mol. The highest BCUT2D eigenvalue weighted by molar-refractivity contribution is 7.19. The van der Waals surface area contributed by atoms with Gasteiger partial charge in [0.25, 0.3) is 5.69 Å². The van der Waals surface area contributed by atoms with Crippen LogP contribution in [0.1, 0.15) is 5.56 Å². The van der Waals surface area contributed by atoms with Gasteiger partial charge < -0.3 is 0 Å². The summed E-state index contributed by atoms with van der Waals surface area (Å²) in [4.78, 5) is 20.3. The van der Waals surface area contributed by atoms with Gasteiger partial charge in [-0.2, -0.15) is 0 Å². The quantitative estimate of drug-likeness (QED) is 0.224. The molecule has 1 heterocycles. The number of rotatable bonds is 5. The molecule has 142 valence electrons. The molecular weight excluding hydrogens is 389 g/mol. The number of thiazole rings is 1. The summed E-state index contributed by atoms with van der Waals surface area (Å²) in [7, 11) is 0. The topological polar surface area (TPSA) is 68.4 Å². The van der Waals surface area contributed by atoms with Crippen LogP contribution in [0.15, 0.2) is 83.9 Å². The highest BCUT2D eigenvalue weighted by atomic mass is 32.1. The summed E-state index contributed by atoms with van der Waals surface area (Å²) in [5.41, 5.74) is 2.84. The van der Waals surface area contributed by atoms with Crippen molar-refractivity contribution in [2.45, 2.75) is 0 Å². The van der Waals surface area contributed by atoms with Gasteiger partial charge in [-0.25, -0.2) is 14.4 Å². The summed E-state index contributed by atoms with van der Waals surface area (Å²) in [6, 6.07) is 22.3. The molecule has 0 saturated carbocycles. The first-order chi connectivity index (χ1) is 14.1. The Morgan fingerprint density at radius 1 is 0.931 bits per heavy atom. The van der Waals surface area contributed by atoms with Crippen LogP contribution in [0.3, 0.4) is 0 Å². The highest BCUT2D eigenvalue weighted by Crippen LogP contribution is 2.40. The monoisotopic (exact) mass is 403 g/mol. The molecule has 0 aliphatic rings. The van der Waals surface area contributed by atoms with Crippen molar-refractivity contribution in [3.63, 3.8) is 0 Å². The third-order valence-corrected chi connectivity index (χ3v) is 5.24. The van der Waals surface area contributed by atoms with E-state index in [-0.39, 0.29) is 11.5 Å². The minimum atomic E-state index is -0.432. The largest absolute Gasteiger partial charge is 0.269 e. The second-order valence-corrected chi connectivity index (χ2v) is 7.10. The first kappa shape index (κ1) is 18.6. The Morgan fingerprint density at radius 2 is 1.62 bits per heavy atom. The van der Waals surface area contributed by atoms with E-state index in [1.807, 2.05) is 30.3 Å². The molecule has 4 rings (SSSR count). The van der Waals surface area contributed by atoms with Gasteiger partial charge in [0.2, 0.25) is 5.13 Å². The van der Waals surface area contributed by atoms with Crippen LogP contribution in [-0.2, 0) is 0 Å². The number of nitro groups is 1. The maximum Gasteiger partial charge on any atom is 0.269 e. The fourth-order valence-electron chi connectivity index (χ4n) is 2.79. The molecule has 4 aromatic rings. The minimum Gasteiger partial charge on any atom is -0.258 e. The average Bonchev–Trinajstić information content (AvgIpc) is 3.18. The molecule has 1 aromatic heterocycles. The lowest BCUT2D eigenvalue weighted by atomic mass is 10.1. The van der Waals surface area contributed by atoms with Gasteiger partial charge in [0, 0.05) is 29.5 Å². The van der Waals surface area contributed by atoms with Crippen molar-refractivity contribution in [1.82, 2.24) is 4.98 Å². The van der Waals surface area contributed by atoms with Gasteiger partial charge in [0.1, 0.15) is 5.82 Å². The molecule has 29 heavy (non-hydrogen) atoms. The summed E-state index contributed by atoms with van der Waals surface area (Å²) in [5.74, 6) is -0.355. The highest BCUT2D eigenvalue weighted by Gasteiger charge is 2.16. The number of aromatic nitrogens is 1. The van der Waals surface area contributed by atoms with Crippen molar-refractivity contribution >= 4 is 28.4 Å². The van der Waals surface area contributed by atoms with Gasteiger partial charge in [-0.05, 0) is 23.8 Å². The van der Waals surface area contributed by atoms with E-state index in [9.17, 15) is 14.5 Å². The maximum absolute atomic E-state index is 13.8. The van der Waals surface area contributed by atoms with E-state index >= 15 is 0 Å². The molecule has 0 aliphatic heterocycles. The summed E-state index contributed by atoms with van der Waals surface area (Å²) in [6.45, 7) is 0. The van der Waals surface area contributed by atoms with Crippen molar-refractivity contribution in [2.75, 3.05) is 0 Å². The normalized spacial score (nSPS) is 11.1. The van der Waals surface area contributed by atoms with Crippen molar-refractivity contribution in [1.29, 1.82) is 0 Å². The Balaban J connectivity index is 1.77. The standard InChI is InChI=1S/C22H14FN3O2S/c23-19-9-5-4-8-17(19)14-24-22-25-20(15-6-2-1-3-7-15)21(29-22)16-10-12-18(13-11-16)26(27)28/h1-14H. The number of non-ortho nitro benzene ring substituents is 1. The lowest BCUT2D eigenvalue weighted by Gasteiger charge is -2.02. The Labute approximate surface area is 170 Å². The molecule has 0 radical (unpaired) electrons. The summed E-state index contributed by atoms with van der Waals surface area (Å²) < 4.78 is 13.8. The molecule has 0 fully saturated rings. The molecule has 5 nitrogen and oxygen atoms in total. The number of hydrogen-bond donors (Lipinski definition) is 0. The first-order valence-corrected chi connectivity index (χ1v) is 9.53. The van der Waals surface area contributed by atoms with Crippen LogP contribution in [0, 0.1) is 15.9 Å². The third-order valence-electron chi connectivity index (χ3n) is 4.22. The number of nitrogens with zero attached hydrogens (tertiary/aromatic N) is 3. The zero-order valence-electron chi connectivity index (χ0n) is 15.0. The van der Waals surface area contributed by atoms with E-state index in [1.165, 1.54) is 35.8 Å². The second-order valence-electron chi connectivity index (χ2n) is 6.12. The van der Waals surface area contributed by atoms with Gasteiger partial charge >= 0.3 is 0 Å². The number of halogens is 1. The van der Waals surface area contributed by atoms with Gasteiger partial charge in [-0.15, -0.1) is 0 Å². The van der Waals surface area contributed by atoms with Crippen LogP contribution in [0.5, 0.6) is 0 Å². The second kappa shape index (κ2) is 8.12. The van der Waals surface area contributed by atoms with Crippen LogP contribution < -0.4 is 0 Å². The van der Waals surface area contributed by atoms with Crippen LogP contribution in [-0.4, -0.2) is 16.1 Å². The molecule has 7 heteroatoms. The maximum atomic E-state index is 13.8. The van der Waals surface area contributed by atoms with Gasteiger partial charge in [-0.1, -0.05) is 59.9 Å². The molecule has 0 amide bonds. The van der Waals surface area contributed by atoms with E-state index in [2.05, 4.69) is 9.98 Å². The van der Waals surface area contributed by atoms with Crippen molar-refractivity contribution in [3.8, 4) is 21.7 Å². The van der Waals surface area contributed by atoms with Crippen molar-refractivity contribution in [2.24, 2.45) is 4.99 Å². The smallest absolute Gasteiger partial charge is 0.258 e. The first-order valence-electron chi connectivity index (χ1n) is 8.71. The lowest BCUT2D eigenvalue weighted by Crippen LogP contribution is -1.87. The minimum absolute atomic E-state index is 0.0253. The summed E-state index contributed by atoms with van der Waals surface area (Å²) in [6.07, 6.45) is 1.45. The van der Waals surface area contributed by atoms with E-state index in [4.69, 9.17) is 0 Å². The molecule has 0 bridgehead atoms. The number of hydrogen-bond acceptors (Lipinski definition) is 5. The predicted octanol–water partition coefficient (Wildman–Crippen LogP) is 6.28. The van der Waals surface area contributed by atoms with E-state index in [1.54, 1.807) is 30.3 Å². The molecule has 3 aromatic carbocycles. The Hall–Kier alpha value is -3.71. The lowest BCUT2D eigenvalue weighted by molar-refractivity contribution is -0.384. The Bertz CT molecular complexity index is 1190. The fourth-order valence-corrected chi connectivity index (χ4v) is 3.73. The SMILES string of the molecule is O=[N+]([O-])c1ccc(-c2sc(N=Cc3ccccc3F)nc2-c2ccccc2)cc1. The molecule has 0 aliphatic carbocycles. The number of nitro benzene ring substituents is 1. The van der Waals surface area contributed by atoms with Gasteiger partial charge in [-0.3, -0.25) is 10.1 Å². The fraction of sp³-hybridized carbons (Fsp3) is 0. The number of benzene rings is 3. The average molecular weight is 403 g/mol. The molecule has 0 unspecified atom stereocenters. The molecule has 0 saturated heterocycles. The zero-order chi connectivity index (χ0) is 20.2. The van der Waals surface area contributed by atoms with Crippen LogP contribution in [0.25, 0.3) is 21.7 Å². The van der Waals surface area contributed by atoms with Gasteiger partial charge in [0.15, 0.2) is 0 Å². The number of aliphatic imine (C=N–C) groups is 1. The third kappa shape index (κ3) is 4.09. The summed E-state index contributed by atoms with van der Waals surface area (Å²) in [5, 5.41) is 11.4. The molecule has 0 spiro atoms. The van der Waals surface area contributed by atoms with E-state index in [0.717, 1.165) is 21.7 Å². The van der Waals surface area contributed by atoms with Crippen LogP contribution in [0.4, 0.5) is 15.2 Å². The Kier molecular flexibility index (Phi) is 5.22. The van der Waals surface area contributed by atoms with E-state index < -0.39 is 4.92 Å². The van der Waals surface area contributed by atoms with Crippen molar-refractivity contribution < 1.29 is 9.31 Å². The zero-order valence-corrected chi connectivity index (χ0v) is 15.8. The van der Waals surface area contributed by atoms with Gasteiger partial charge in [0.05, 0.1) is 15.5 Å². The molecular formula is C22H14FN3O2S. The van der Waals surface area contributed by atoms with E-state index in [0.29, 0.717) is 10.7 Å². The Morgan fingerprint density at radius 3 is 2.31 bits per heavy atom. The molecule has 0 atom stereocenters. The molecule has 0 N–H and O–H groups in total. The summed E-state index contributed by atoms with van der Waals surface area (Å²) >= 11 is 1.35. The van der Waals surface area contributed by atoms with Crippen LogP contribution in [0.2, 0.25) is 0 Å².